The molecule has 1 rings (SSSR count). The van der Waals surface area contributed by atoms with Gasteiger partial charge >= 0.3 is 0 Å². The van der Waals surface area contributed by atoms with E-state index in [-0.39, 0.29) is 0 Å². The van der Waals surface area contributed by atoms with E-state index in [0.29, 0.717) is 5.41 Å². The van der Waals surface area contributed by atoms with Crippen molar-refractivity contribution in [3.8, 4) is 0 Å². The Hall–Kier alpha value is -0.0800. The van der Waals surface area contributed by atoms with Crippen LogP contribution in [0.15, 0.2) is 0 Å². The molecule has 1 fully saturated rings. The number of likely N-dealkylation sites (N-methyl/N-ethyl adjacent to an activating group) is 1. The Kier molecular flexibility index (Phi) is 5.26. The summed E-state index contributed by atoms with van der Waals surface area (Å²) < 4.78 is 0. The third kappa shape index (κ3) is 4.06. The van der Waals surface area contributed by atoms with Gasteiger partial charge in [0.15, 0.2) is 0 Å². The number of piperidine rings is 1. The summed E-state index contributed by atoms with van der Waals surface area (Å²) in [6, 6.07) is 0.761. The summed E-state index contributed by atoms with van der Waals surface area (Å²) in [6.45, 7) is 12.9. The lowest BCUT2D eigenvalue weighted by Crippen LogP contribution is -2.45. The summed E-state index contributed by atoms with van der Waals surface area (Å²) in [5, 5.41) is 3.67. The first-order valence-electron chi connectivity index (χ1n) is 6.84. The third-order valence-corrected chi connectivity index (χ3v) is 4.45. The maximum atomic E-state index is 3.67. The summed E-state index contributed by atoms with van der Waals surface area (Å²) in [5.74, 6) is 0.740. The molecule has 0 spiro atoms. The first-order valence-corrected chi connectivity index (χ1v) is 6.84. The molecule has 0 radical (unpaired) electrons. The molecule has 0 bridgehead atoms. The van der Waals surface area contributed by atoms with E-state index in [9.17, 15) is 0 Å². The second-order valence-electron chi connectivity index (χ2n) is 6.40. The number of nitrogens with zero attached hydrogens (tertiary/aromatic N) is 1. The van der Waals surface area contributed by atoms with E-state index in [4.69, 9.17) is 0 Å². The Balaban J connectivity index is 2.24. The van der Waals surface area contributed by atoms with Gasteiger partial charge < -0.3 is 10.2 Å². The van der Waals surface area contributed by atoms with Gasteiger partial charge in [-0.2, -0.15) is 0 Å². The fourth-order valence-corrected chi connectivity index (χ4v) is 2.17. The normalized spacial score (nSPS) is 24.0. The van der Waals surface area contributed by atoms with E-state index in [2.05, 4.69) is 45.0 Å². The van der Waals surface area contributed by atoms with Gasteiger partial charge in [-0.15, -0.1) is 0 Å². The third-order valence-electron chi connectivity index (χ3n) is 4.45. The molecule has 1 unspecified atom stereocenters. The van der Waals surface area contributed by atoms with Gasteiger partial charge in [-0.1, -0.05) is 34.1 Å². The van der Waals surface area contributed by atoms with E-state index in [1.54, 1.807) is 0 Å². The molecule has 0 aromatic carbocycles. The lowest BCUT2D eigenvalue weighted by molar-refractivity contribution is 0.169. The molecule has 0 aromatic heterocycles. The first kappa shape index (κ1) is 14.0. The maximum absolute atomic E-state index is 3.67. The largest absolute Gasteiger partial charge is 0.315 e. The minimum Gasteiger partial charge on any atom is -0.315 e. The number of likely N-dealkylation sites (tertiary alicyclic amines) is 1. The Bertz CT molecular complexity index is 199. The summed E-state index contributed by atoms with van der Waals surface area (Å²) in [7, 11) is 2.26. The van der Waals surface area contributed by atoms with E-state index < -0.39 is 0 Å². The van der Waals surface area contributed by atoms with Gasteiger partial charge in [0.2, 0.25) is 0 Å². The van der Waals surface area contributed by atoms with Gasteiger partial charge in [-0.05, 0) is 37.8 Å². The molecule has 1 saturated heterocycles. The zero-order chi connectivity index (χ0) is 12.2. The van der Waals surface area contributed by atoms with Crippen molar-refractivity contribution >= 4 is 0 Å². The van der Waals surface area contributed by atoms with Crippen molar-refractivity contribution in [2.45, 2.75) is 53.0 Å². The van der Waals surface area contributed by atoms with Crippen LogP contribution >= 0.6 is 0 Å². The molecule has 1 atom stereocenters. The number of hydrogen-bond acceptors (Lipinski definition) is 2. The van der Waals surface area contributed by atoms with Crippen LogP contribution in [0.1, 0.15) is 47.0 Å². The van der Waals surface area contributed by atoms with E-state index in [0.717, 1.165) is 25.0 Å². The molecule has 0 aliphatic carbocycles. The molecule has 1 aliphatic heterocycles. The van der Waals surface area contributed by atoms with E-state index in [1.165, 1.54) is 25.8 Å². The zero-order valence-electron chi connectivity index (χ0n) is 11.8. The van der Waals surface area contributed by atoms with Gasteiger partial charge in [0.05, 0.1) is 0 Å². The highest BCUT2D eigenvalue weighted by Crippen LogP contribution is 2.24. The predicted octanol–water partition coefficient (Wildman–Crippen LogP) is 2.74. The average molecular weight is 226 g/mol. The summed E-state index contributed by atoms with van der Waals surface area (Å²) in [6.07, 6.45) is 4.15. The molecule has 0 saturated carbocycles. The minimum absolute atomic E-state index is 0.410. The Morgan fingerprint density at radius 3 is 2.56 bits per heavy atom. The molecule has 0 amide bonds. The Morgan fingerprint density at radius 2 is 2.00 bits per heavy atom. The van der Waals surface area contributed by atoms with Crippen LogP contribution in [0.5, 0.6) is 0 Å². The predicted molar refractivity (Wildman–Crippen MR) is 71.8 cm³/mol. The second-order valence-corrected chi connectivity index (χ2v) is 6.40. The first-order chi connectivity index (χ1) is 7.43. The standard InChI is InChI=1S/C14H30N2/c1-12(2)14(3,4)11-15-10-13-8-6-7-9-16(13)5/h12-13,15H,6-11H2,1-5H3. The zero-order valence-corrected chi connectivity index (χ0v) is 11.8. The quantitative estimate of drug-likeness (QED) is 0.775. The summed E-state index contributed by atoms with van der Waals surface area (Å²) in [5.41, 5.74) is 0.410. The van der Waals surface area contributed by atoms with Crippen LogP contribution in [-0.4, -0.2) is 37.6 Å². The van der Waals surface area contributed by atoms with Gasteiger partial charge in [-0.3, -0.25) is 0 Å². The molecular weight excluding hydrogens is 196 g/mol. The van der Waals surface area contributed by atoms with Crippen LogP contribution in [-0.2, 0) is 0 Å². The SMILES string of the molecule is CC(C)C(C)(C)CNCC1CCCCN1C. The second kappa shape index (κ2) is 6.02. The van der Waals surface area contributed by atoms with Gasteiger partial charge in [0, 0.05) is 19.1 Å². The number of hydrogen-bond donors (Lipinski definition) is 1. The molecule has 0 aromatic rings. The lowest BCUT2D eigenvalue weighted by Gasteiger charge is -2.35. The van der Waals surface area contributed by atoms with Crippen LogP contribution in [0.3, 0.4) is 0 Å². The molecule has 2 nitrogen and oxygen atoms in total. The van der Waals surface area contributed by atoms with E-state index in [1.807, 2.05) is 0 Å². The fraction of sp³-hybridized carbons (Fsp3) is 1.00. The molecule has 1 N–H and O–H groups in total. The number of nitrogens with one attached hydrogen (secondary N) is 1. The average Bonchev–Trinajstić information content (AvgIpc) is 2.20. The minimum atomic E-state index is 0.410. The van der Waals surface area contributed by atoms with Crippen LogP contribution in [0.25, 0.3) is 0 Å². The molecule has 2 heteroatoms. The van der Waals surface area contributed by atoms with Crippen molar-refractivity contribution in [2.24, 2.45) is 11.3 Å². The molecule has 1 aliphatic rings. The monoisotopic (exact) mass is 226 g/mol. The summed E-state index contributed by atoms with van der Waals surface area (Å²) in [4.78, 5) is 2.51. The van der Waals surface area contributed by atoms with E-state index >= 15 is 0 Å². The molecular formula is C14H30N2. The highest BCUT2D eigenvalue weighted by molar-refractivity contribution is 4.79. The lowest BCUT2D eigenvalue weighted by atomic mass is 9.81. The molecule has 1 heterocycles. The van der Waals surface area contributed by atoms with Gasteiger partial charge in [0.1, 0.15) is 0 Å². The van der Waals surface area contributed by atoms with Crippen molar-refractivity contribution in [3.63, 3.8) is 0 Å². The van der Waals surface area contributed by atoms with Crippen molar-refractivity contribution in [1.29, 1.82) is 0 Å². The Morgan fingerprint density at radius 1 is 1.31 bits per heavy atom. The molecule has 96 valence electrons. The topological polar surface area (TPSA) is 15.3 Å². The van der Waals surface area contributed by atoms with Crippen LogP contribution in [0.4, 0.5) is 0 Å². The van der Waals surface area contributed by atoms with Crippen molar-refractivity contribution in [1.82, 2.24) is 10.2 Å². The highest BCUT2D eigenvalue weighted by Gasteiger charge is 2.23. The van der Waals surface area contributed by atoms with Crippen LogP contribution < -0.4 is 5.32 Å². The summed E-state index contributed by atoms with van der Waals surface area (Å²) >= 11 is 0. The fourth-order valence-electron chi connectivity index (χ4n) is 2.17. The van der Waals surface area contributed by atoms with Crippen molar-refractivity contribution in [2.75, 3.05) is 26.7 Å². The van der Waals surface area contributed by atoms with Crippen LogP contribution in [0.2, 0.25) is 0 Å². The van der Waals surface area contributed by atoms with Gasteiger partial charge in [-0.25, -0.2) is 0 Å². The number of rotatable bonds is 5. The van der Waals surface area contributed by atoms with Crippen molar-refractivity contribution in [3.05, 3.63) is 0 Å². The maximum Gasteiger partial charge on any atom is 0.0217 e. The molecule has 16 heavy (non-hydrogen) atoms. The highest BCUT2D eigenvalue weighted by atomic mass is 15.2. The Labute approximate surface area is 102 Å². The van der Waals surface area contributed by atoms with Crippen molar-refractivity contribution < 1.29 is 0 Å². The smallest absolute Gasteiger partial charge is 0.0217 e. The van der Waals surface area contributed by atoms with Gasteiger partial charge in [0.25, 0.3) is 0 Å². The van der Waals surface area contributed by atoms with Crippen LogP contribution in [0, 0.1) is 11.3 Å².